The monoisotopic (exact) mass is 378 g/mol. The van der Waals surface area contributed by atoms with E-state index in [4.69, 9.17) is 0 Å². The van der Waals surface area contributed by atoms with Gasteiger partial charge in [-0.05, 0) is 27.8 Å². The predicted octanol–water partition coefficient (Wildman–Crippen LogP) is 4.71. The number of alkyl halides is 1. The molecule has 0 fully saturated rings. The van der Waals surface area contributed by atoms with Gasteiger partial charge >= 0.3 is 0 Å². The van der Waals surface area contributed by atoms with Crippen LogP contribution in [0.1, 0.15) is 38.5 Å². The number of unbranched alkanes of at least 4 members (excludes halogenated alkanes) is 5. The fraction of sp³-hybridized carbons (Fsp3) is 0.778. The minimum Gasteiger partial charge on any atom is -0.0864 e. The van der Waals surface area contributed by atoms with Gasteiger partial charge in [-0.3, -0.25) is 0 Å². The summed E-state index contributed by atoms with van der Waals surface area (Å²) in [6.07, 6.45) is 10.6. The number of hydrogen-bond donors (Lipinski definition) is 0. The minimum absolute atomic E-state index is 1.27. The lowest BCUT2D eigenvalue weighted by atomic mass is 10.1. The van der Waals surface area contributed by atoms with Crippen molar-refractivity contribution in [2.24, 2.45) is 0 Å². The molecule has 0 aliphatic heterocycles. The highest BCUT2D eigenvalue weighted by Crippen LogP contribution is 2.07. The van der Waals surface area contributed by atoms with E-state index >= 15 is 0 Å². The van der Waals surface area contributed by atoms with E-state index in [2.05, 4.69) is 55.3 Å². The van der Waals surface area contributed by atoms with Crippen LogP contribution in [-0.2, 0) is 0 Å². The quantitative estimate of drug-likeness (QED) is 0.342. The molecule has 0 atom stereocenters. The van der Waals surface area contributed by atoms with Crippen molar-refractivity contribution in [1.29, 1.82) is 0 Å². The number of allylic oxidation sites excluding steroid dienone is 1. The maximum absolute atomic E-state index is 2.45. The average molecular weight is 378 g/mol. The standard InChI is InChI=1S/C9H16I2/c10-8-6-4-2-1-3-5-7-9-11/h6,8H,1-5,7,9H2/b8-6+. The molecular weight excluding hydrogens is 362 g/mol. The van der Waals surface area contributed by atoms with Gasteiger partial charge in [-0.2, -0.15) is 0 Å². The molecular formula is C9H16I2. The smallest absolute Gasteiger partial charge is 0.000473 e. The van der Waals surface area contributed by atoms with E-state index in [0.717, 1.165) is 0 Å². The minimum atomic E-state index is 1.27. The highest BCUT2D eigenvalue weighted by atomic mass is 127. The molecule has 0 N–H and O–H groups in total. The van der Waals surface area contributed by atoms with E-state index in [1.165, 1.54) is 43.0 Å². The van der Waals surface area contributed by atoms with Crippen molar-refractivity contribution in [2.45, 2.75) is 38.5 Å². The molecule has 0 heterocycles. The molecule has 0 aliphatic carbocycles. The molecule has 0 spiro atoms. The Hall–Kier alpha value is 1.20. The summed E-state index contributed by atoms with van der Waals surface area (Å²) in [4.78, 5) is 0. The molecule has 0 aromatic heterocycles. The predicted molar refractivity (Wildman–Crippen MR) is 69.7 cm³/mol. The fourth-order valence-electron chi connectivity index (χ4n) is 0.950. The Balaban J connectivity index is 2.79. The molecule has 0 nitrogen and oxygen atoms in total. The molecule has 0 aromatic rings. The molecule has 0 aromatic carbocycles. The molecule has 11 heavy (non-hydrogen) atoms. The van der Waals surface area contributed by atoms with Gasteiger partial charge < -0.3 is 0 Å². The van der Waals surface area contributed by atoms with Gasteiger partial charge in [-0.15, -0.1) is 0 Å². The van der Waals surface area contributed by atoms with Crippen molar-refractivity contribution in [3.63, 3.8) is 0 Å². The molecule has 0 rings (SSSR count). The SMILES string of the molecule is I/C=C/CCCCCCCI. The summed E-state index contributed by atoms with van der Waals surface area (Å²) in [5, 5.41) is 0. The summed E-state index contributed by atoms with van der Waals surface area (Å²) in [6.45, 7) is 0. The maximum atomic E-state index is 2.45. The van der Waals surface area contributed by atoms with Gasteiger partial charge in [0.05, 0.1) is 0 Å². The van der Waals surface area contributed by atoms with Crippen LogP contribution in [0.4, 0.5) is 0 Å². The van der Waals surface area contributed by atoms with Gasteiger partial charge in [0.1, 0.15) is 0 Å². The van der Waals surface area contributed by atoms with Crippen LogP contribution in [0.2, 0.25) is 0 Å². The normalized spacial score (nSPS) is 11.1. The first-order valence-corrected chi connectivity index (χ1v) is 7.00. The highest BCUT2D eigenvalue weighted by Gasteiger charge is 1.87. The summed E-state index contributed by atoms with van der Waals surface area (Å²) >= 11 is 4.73. The zero-order chi connectivity index (χ0) is 8.36. The van der Waals surface area contributed by atoms with Crippen LogP contribution in [0.3, 0.4) is 0 Å². The van der Waals surface area contributed by atoms with Crippen molar-refractivity contribution in [2.75, 3.05) is 4.43 Å². The first-order chi connectivity index (χ1) is 5.41. The topological polar surface area (TPSA) is 0 Å². The van der Waals surface area contributed by atoms with Crippen LogP contribution >= 0.6 is 45.2 Å². The number of rotatable bonds is 7. The molecule has 0 unspecified atom stereocenters. The molecule has 0 saturated carbocycles. The second-order valence-electron chi connectivity index (χ2n) is 2.61. The van der Waals surface area contributed by atoms with E-state index in [1.807, 2.05) is 0 Å². The van der Waals surface area contributed by atoms with Crippen LogP contribution in [0.5, 0.6) is 0 Å². The Morgan fingerprint density at radius 3 is 2.18 bits per heavy atom. The molecule has 0 saturated heterocycles. The Morgan fingerprint density at radius 2 is 1.55 bits per heavy atom. The Bertz CT molecular complexity index is 89.6. The van der Waals surface area contributed by atoms with Gasteiger partial charge in [0.15, 0.2) is 0 Å². The molecule has 0 bridgehead atoms. The van der Waals surface area contributed by atoms with Gasteiger partial charge in [-0.1, -0.05) is 70.5 Å². The van der Waals surface area contributed by atoms with Gasteiger partial charge in [0, 0.05) is 0 Å². The fourth-order valence-corrected chi connectivity index (χ4v) is 1.85. The van der Waals surface area contributed by atoms with Gasteiger partial charge in [-0.25, -0.2) is 0 Å². The van der Waals surface area contributed by atoms with Crippen molar-refractivity contribution in [1.82, 2.24) is 0 Å². The summed E-state index contributed by atoms with van der Waals surface area (Å²) in [5.41, 5.74) is 0. The number of hydrogen-bond acceptors (Lipinski definition) is 0. The second kappa shape index (κ2) is 11.2. The third-order valence-electron chi connectivity index (χ3n) is 1.59. The molecule has 2 heteroatoms. The van der Waals surface area contributed by atoms with Gasteiger partial charge in [0.2, 0.25) is 0 Å². The van der Waals surface area contributed by atoms with Crippen LogP contribution in [-0.4, -0.2) is 4.43 Å². The van der Waals surface area contributed by atoms with Crippen molar-refractivity contribution >= 4 is 45.2 Å². The molecule has 66 valence electrons. The molecule has 0 aliphatic rings. The van der Waals surface area contributed by atoms with Crippen LogP contribution in [0, 0.1) is 0 Å². The van der Waals surface area contributed by atoms with E-state index in [-0.39, 0.29) is 0 Å². The average Bonchev–Trinajstić information content (AvgIpc) is 2.03. The van der Waals surface area contributed by atoms with Crippen molar-refractivity contribution in [3.8, 4) is 0 Å². The first kappa shape index (κ1) is 12.2. The molecule has 0 radical (unpaired) electrons. The van der Waals surface area contributed by atoms with E-state index in [1.54, 1.807) is 0 Å². The number of halogens is 2. The summed E-state index contributed by atoms with van der Waals surface area (Å²) < 4.78 is 3.44. The zero-order valence-electron chi connectivity index (χ0n) is 6.86. The first-order valence-electron chi connectivity index (χ1n) is 4.23. The van der Waals surface area contributed by atoms with E-state index in [0.29, 0.717) is 0 Å². The van der Waals surface area contributed by atoms with Crippen LogP contribution < -0.4 is 0 Å². The van der Waals surface area contributed by atoms with E-state index in [9.17, 15) is 0 Å². The van der Waals surface area contributed by atoms with Crippen LogP contribution in [0.15, 0.2) is 10.2 Å². The lowest BCUT2D eigenvalue weighted by molar-refractivity contribution is 0.642. The summed E-state index contributed by atoms with van der Waals surface area (Å²) in [6, 6.07) is 0. The van der Waals surface area contributed by atoms with Gasteiger partial charge in [0.25, 0.3) is 0 Å². The lowest BCUT2D eigenvalue weighted by Crippen LogP contribution is -1.78. The lowest BCUT2D eigenvalue weighted by Gasteiger charge is -1.96. The summed E-state index contributed by atoms with van der Waals surface area (Å²) in [7, 11) is 0. The third kappa shape index (κ3) is 11.2. The van der Waals surface area contributed by atoms with Crippen LogP contribution in [0.25, 0.3) is 0 Å². The Labute approximate surface area is 97.5 Å². The van der Waals surface area contributed by atoms with E-state index < -0.39 is 0 Å². The Kier molecular flexibility index (Phi) is 12.4. The highest BCUT2D eigenvalue weighted by molar-refractivity contribution is 14.1. The maximum Gasteiger partial charge on any atom is -0.000473 e. The summed E-state index contributed by atoms with van der Waals surface area (Å²) in [5.74, 6) is 0. The zero-order valence-corrected chi connectivity index (χ0v) is 11.2. The van der Waals surface area contributed by atoms with Crippen molar-refractivity contribution in [3.05, 3.63) is 10.2 Å². The largest absolute Gasteiger partial charge is 0.0864 e. The second-order valence-corrected chi connectivity index (χ2v) is 4.41. The third-order valence-corrected chi connectivity index (χ3v) is 2.86. The molecule has 0 amide bonds. The van der Waals surface area contributed by atoms with Crippen molar-refractivity contribution < 1.29 is 0 Å². The Morgan fingerprint density at radius 1 is 0.909 bits per heavy atom.